The van der Waals surface area contributed by atoms with Crippen LogP contribution in [0.25, 0.3) is 0 Å². The molecule has 1 heterocycles. The summed E-state index contributed by atoms with van der Waals surface area (Å²) in [6.07, 6.45) is 1.96. The smallest absolute Gasteiger partial charge is 0.269 e. The molecule has 0 saturated carbocycles. The lowest BCUT2D eigenvalue weighted by molar-refractivity contribution is -0.384. The Labute approximate surface area is 176 Å². The number of anilines is 1. The zero-order valence-electron chi connectivity index (χ0n) is 17.0. The molecular formula is C22H28N4O4. The number of benzene rings is 2. The maximum Gasteiger partial charge on any atom is 0.269 e. The summed E-state index contributed by atoms with van der Waals surface area (Å²) in [5, 5.41) is 13.5. The van der Waals surface area contributed by atoms with Crippen molar-refractivity contribution in [1.29, 1.82) is 0 Å². The summed E-state index contributed by atoms with van der Waals surface area (Å²) in [6, 6.07) is 16.2. The molecule has 1 N–H and O–H groups in total. The van der Waals surface area contributed by atoms with Gasteiger partial charge in [-0.2, -0.15) is 0 Å². The fraction of sp³-hybridized carbons (Fsp3) is 0.409. The number of non-ortho nitro benzene ring substituents is 1. The van der Waals surface area contributed by atoms with Crippen molar-refractivity contribution in [3.63, 3.8) is 0 Å². The fourth-order valence-corrected chi connectivity index (χ4v) is 3.42. The van der Waals surface area contributed by atoms with Crippen LogP contribution in [0, 0.1) is 10.1 Å². The van der Waals surface area contributed by atoms with Gasteiger partial charge in [0.05, 0.1) is 4.92 Å². The first-order valence-corrected chi connectivity index (χ1v) is 10.3. The Bertz CT molecular complexity index is 806. The summed E-state index contributed by atoms with van der Waals surface area (Å²) < 4.78 is 5.35. The molecule has 1 amide bonds. The summed E-state index contributed by atoms with van der Waals surface area (Å²) in [6.45, 7) is 5.76. The predicted octanol–water partition coefficient (Wildman–Crippen LogP) is 2.69. The van der Waals surface area contributed by atoms with Gasteiger partial charge in [-0.25, -0.2) is 0 Å². The first-order chi connectivity index (χ1) is 14.6. The molecular weight excluding hydrogens is 384 g/mol. The number of hydrogen-bond donors (Lipinski definition) is 1. The van der Waals surface area contributed by atoms with Gasteiger partial charge in [0, 0.05) is 50.5 Å². The fourth-order valence-electron chi connectivity index (χ4n) is 3.42. The van der Waals surface area contributed by atoms with Crippen molar-refractivity contribution in [2.24, 2.45) is 0 Å². The van der Waals surface area contributed by atoms with E-state index in [2.05, 4.69) is 39.4 Å². The molecule has 1 fully saturated rings. The molecule has 3 rings (SSSR count). The molecule has 2 aromatic carbocycles. The molecule has 0 radical (unpaired) electrons. The molecule has 2 aromatic rings. The molecule has 0 bridgehead atoms. The number of rotatable bonds is 10. The van der Waals surface area contributed by atoms with E-state index in [4.69, 9.17) is 4.74 Å². The van der Waals surface area contributed by atoms with Gasteiger partial charge < -0.3 is 15.0 Å². The van der Waals surface area contributed by atoms with Crippen LogP contribution in [-0.2, 0) is 4.79 Å². The average Bonchev–Trinajstić information content (AvgIpc) is 2.79. The van der Waals surface area contributed by atoms with E-state index < -0.39 is 4.92 Å². The standard InChI is InChI=1S/C22H28N4O4/c27-22(18-30-21-10-8-20(9-11-21)26(28)29)23-12-4-5-13-24-14-16-25(17-15-24)19-6-2-1-3-7-19/h1-3,6-11H,4-5,12-18H2,(H,23,27). The number of nitrogens with one attached hydrogen (secondary N) is 1. The Balaban J connectivity index is 1.23. The molecule has 0 aromatic heterocycles. The first-order valence-electron chi connectivity index (χ1n) is 10.3. The van der Waals surface area contributed by atoms with Gasteiger partial charge in [0.1, 0.15) is 5.75 Å². The number of ether oxygens (including phenoxy) is 1. The minimum atomic E-state index is -0.473. The first kappa shape index (κ1) is 21.6. The van der Waals surface area contributed by atoms with Gasteiger partial charge in [-0.3, -0.25) is 19.8 Å². The summed E-state index contributed by atoms with van der Waals surface area (Å²) in [7, 11) is 0. The number of para-hydroxylation sites is 1. The van der Waals surface area contributed by atoms with Gasteiger partial charge in [0.25, 0.3) is 11.6 Å². The highest BCUT2D eigenvalue weighted by atomic mass is 16.6. The quantitative estimate of drug-likeness (QED) is 0.367. The largest absolute Gasteiger partial charge is 0.484 e. The van der Waals surface area contributed by atoms with Crippen molar-refractivity contribution in [2.45, 2.75) is 12.8 Å². The number of hydrogen-bond acceptors (Lipinski definition) is 6. The van der Waals surface area contributed by atoms with Gasteiger partial charge >= 0.3 is 0 Å². The van der Waals surface area contributed by atoms with Crippen LogP contribution in [0.4, 0.5) is 11.4 Å². The number of nitro groups is 1. The zero-order valence-corrected chi connectivity index (χ0v) is 17.0. The summed E-state index contributed by atoms with van der Waals surface area (Å²) >= 11 is 0. The summed E-state index contributed by atoms with van der Waals surface area (Å²) in [5.74, 6) is 0.246. The molecule has 0 aliphatic carbocycles. The number of piperazine rings is 1. The van der Waals surface area contributed by atoms with E-state index in [9.17, 15) is 14.9 Å². The third-order valence-electron chi connectivity index (χ3n) is 5.13. The third kappa shape index (κ3) is 6.73. The highest BCUT2D eigenvalue weighted by Gasteiger charge is 2.16. The molecule has 160 valence electrons. The van der Waals surface area contributed by atoms with E-state index in [1.807, 2.05) is 6.07 Å². The van der Waals surface area contributed by atoms with E-state index in [1.54, 1.807) is 0 Å². The van der Waals surface area contributed by atoms with Crippen molar-refractivity contribution >= 4 is 17.3 Å². The van der Waals surface area contributed by atoms with E-state index in [-0.39, 0.29) is 18.2 Å². The van der Waals surface area contributed by atoms with Gasteiger partial charge in [-0.15, -0.1) is 0 Å². The summed E-state index contributed by atoms with van der Waals surface area (Å²) in [5.41, 5.74) is 1.28. The Morgan fingerprint density at radius 3 is 2.37 bits per heavy atom. The van der Waals surface area contributed by atoms with Crippen molar-refractivity contribution in [2.75, 3.05) is 50.8 Å². The monoisotopic (exact) mass is 412 g/mol. The van der Waals surface area contributed by atoms with Crippen LogP contribution in [0.3, 0.4) is 0 Å². The van der Waals surface area contributed by atoms with Gasteiger partial charge in [-0.1, -0.05) is 18.2 Å². The van der Waals surface area contributed by atoms with Crippen molar-refractivity contribution in [3.8, 4) is 5.75 Å². The highest BCUT2D eigenvalue weighted by Crippen LogP contribution is 2.17. The lowest BCUT2D eigenvalue weighted by Gasteiger charge is -2.36. The second-order valence-corrected chi connectivity index (χ2v) is 7.26. The number of unbranched alkanes of at least 4 members (excludes halogenated alkanes) is 1. The number of nitro benzene ring substituents is 1. The number of carbonyl (C=O) groups is 1. The van der Waals surface area contributed by atoms with Crippen LogP contribution in [0.15, 0.2) is 54.6 Å². The van der Waals surface area contributed by atoms with Gasteiger partial charge in [0.15, 0.2) is 6.61 Å². The van der Waals surface area contributed by atoms with E-state index in [0.29, 0.717) is 12.3 Å². The predicted molar refractivity (Wildman–Crippen MR) is 116 cm³/mol. The van der Waals surface area contributed by atoms with Crippen molar-refractivity contribution in [3.05, 3.63) is 64.7 Å². The number of carbonyl (C=O) groups excluding carboxylic acids is 1. The molecule has 1 saturated heterocycles. The van der Waals surface area contributed by atoms with Gasteiger partial charge in [-0.05, 0) is 43.7 Å². The highest BCUT2D eigenvalue weighted by molar-refractivity contribution is 5.77. The molecule has 0 atom stereocenters. The molecule has 8 heteroatoms. The minimum absolute atomic E-state index is 0.00622. The van der Waals surface area contributed by atoms with E-state index in [0.717, 1.165) is 45.6 Å². The van der Waals surface area contributed by atoms with Crippen LogP contribution >= 0.6 is 0 Å². The lowest BCUT2D eigenvalue weighted by Crippen LogP contribution is -2.46. The van der Waals surface area contributed by atoms with Gasteiger partial charge in [0.2, 0.25) is 0 Å². The van der Waals surface area contributed by atoms with E-state index >= 15 is 0 Å². The maximum absolute atomic E-state index is 11.9. The normalized spacial score (nSPS) is 14.3. The maximum atomic E-state index is 11.9. The lowest BCUT2D eigenvalue weighted by atomic mass is 10.2. The molecule has 0 unspecified atom stereocenters. The summed E-state index contributed by atoms with van der Waals surface area (Å²) in [4.78, 5) is 26.9. The SMILES string of the molecule is O=C(COc1ccc([N+](=O)[O-])cc1)NCCCCN1CCN(c2ccccc2)CC1. The molecule has 1 aliphatic rings. The van der Waals surface area contributed by atoms with Crippen molar-refractivity contribution < 1.29 is 14.5 Å². The molecule has 8 nitrogen and oxygen atoms in total. The second kappa shape index (κ2) is 11.2. The van der Waals surface area contributed by atoms with Crippen LogP contribution in [0.5, 0.6) is 5.75 Å². The molecule has 30 heavy (non-hydrogen) atoms. The van der Waals surface area contributed by atoms with Crippen molar-refractivity contribution in [1.82, 2.24) is 10.2 Å². The Hall–Kier alpha value is -3.13. The number of amides is 1. The van der Waals surface area contributed by atoms with Crippen LogP contribution in [0.2, 0.25) is 0 Å². The molecule has 1 aliphatic heterocycles. The van der Waals surface area contributed by atoms with E-state index in [1.165, 1.54) is 30.0 Å². The minimum Gasteiger partial charge on any atom is -0.484 e. The number of nitrogens with zero attached hydrogens (tertiary/aromatic N) is 3. The Morgan fingerprint density at radius 2 is 1.70 bits per heavy atom. The zero-order chi connectivity index (χ0) is 21.2. The Morgan fingerprint density at radius 1 is 1.00 bits per heavy atom. The second-order valence-electron chi connectivity index (χ2n) is 7.26. The molecule has 0 spiro atoms. The Kier molecular flexibility index (Phi) is 8.02. The average molecular weight is 412 g/mol. The topological polar surface area (TPSA) is 87.9 Å². The third-order valence-corrected chi connectivity index (χ3v) is 5.13. The van der Waals surface area contributed by atoms with Crippen LogP contribution < -0.4 is 15.0 Å². The van der Waals surface area contributed by atoms with Crippen LogP contribution in [0.1, 0.15) is 12.8 Å². The van der Waals surface area contributed by atoms with Crippen LogP contribution in [-0.4, -0.2) is 61.6 Å².